The highest BCUT2D eigenvalue weighted by atomic mass is 16.6. The van der Waals surface area contributed by atoms with Crippen LogP contribution >= 0.6 is 0 Å². The van der Waals surface area contributed by atoms with E-state index in [0.717, 1.165) is 35.0 Å². The monoisotopic (exact) mass is 1810 g/mol. The van der Waals surface area contributed by atoms with Gasteiger partial charge in [-0.3, -0.25) is 33.6 Å². The van der Waals surface area contributed by atoms with Gasteiger partial charge >= 0.3 is 11.9 Å². The number of phenols is 1. The molecule has 8 N–H and O–H groups in total. The number of benzene rings is 1. The Morgan fingerprint density at radius 3 is 2.10 bits per heavy atom. The van der Waals surface area contributed by atoms with Crippen molar-refractivity contribution in [2.75, 3.05) is 139 Å². The van der Waals surface area contributed by atoms with Crippen LogP contribution in [0.5, 0.6) is 5.75 Å². The number of hydrogen-bond donors (Lipinski definition) is 7. The number of nitrogen functional groups attached to an aromatic ring is 1. The van der Waals surface area contributed by atoms with Gasteiger partial charge < -0.3 is 103 Å². The van der Waals surface area contributed by atoms with Gasteiger partial charge in [-0.15, -0.1) is 5.10 Å². The van der Waals surface area contributed by atoms with Crippen molar-refractivity contribution in [2.24, 2.45) is 35.5 Å². The number of nitrogens with zero attached hydrogens (tertiary/aromatic N) is 8. The molecule has 714 valence electrons. The molecular weight excluding hydrogens is 1670 g/mol. The average Bonchev–Trinajstić information content (AvgIpc) is 1.71. The first-order chi connectivity index (χ1) is 62.2. The quantitative estimate of drug-likeness (QED) is 0.00830. The number of phenolic OH excluding ortho intramolecular Hbond substituents is 1. The molecule has 4 aliphatic rings. The van der Waals surface area contributed by atoms with Crippen molar-refractivity contribution in [1.29, 1.82) is 0 Å². The maximum Gasteiger partial charge on any atom is 0.329 e. The van der Waals surface area contributed by atoms with Crippen LogP contribution in [0.3, 0.4) is 0 Å². The third kappa shape index (κ3) is 32.1. The Kier molecular flexibility index (Phi) is 43.3. The summed E-state index contributed by atoms with van der Waals surface area (Å²) in [4.78, 5) is 123. The van der Waals surface area contributed by atoms with Crippen LogP contribution in [0.15, 0.2) is 84.4 Å². The first kappa shape index (κ1) is 104. The summed E-state index contributed by atoms with van der Waals surface area (Å²) in [5, 5.41) is 54.5. The Labute approximate surface area is 755 Å². The maximum atomic E-state index is 14.8. The molecular formula is C93H138N12O24. The summed E-state index contributed by atoms with van der Waals surface area (Å²) in [6.07, 6.45) is 16.6. The molecule has 0 unspecified atom stereocenters. The number of amides is 3. The summed E-state index contributed by atoms with van der Waals surface area (Å²) >= 11 is 0. The molecule has 36 nitrogen and oxygen atoms in total. The molecule has 5 aromatic rings. The van der Waals surface area contributed by atoms with E-state index in [0.29, 0.717) is 197 Å². The van der Waals surface area contributed by atoms with Gasteiger partial charge in [0.05, 0.1) is 128 Å². The van der Waals surface area contributed by atoms with Crippen LogP contribution in [0.1, 0.15) is 176 Å². The van der Waals surface area contributed by atoms with Crippen molar-refractivity contribution in [2.45, 2.75) is 232 Å². The molecule has 129 heavy (non-hydrogen) atoms. The summed E-state index contributed by atoms with van der Waals surface area (Å²) in [5.41, 5.74) is 10.7. The minimum absolute atomic E-state index is 0.0204. The SMILES string of the molecule is CO[C@H]1C[C@@H]2CC[C@@H](C)[C@@](O)(O2)C(=O)C(=O)N2CCCC[C@H]2C(=O)O[C@H]([C@H](C)C[C@@H]2CC[C@H](n3cc(COC(=O)CCCOCCOCCOCCC(=O)NCCOCCOCCOCCOCCC(=O)NCCCCn4nc(-c5cc6cc(O)ccc6[nH]5)c5c(N)ncnc54)nn3)[C@H](OC)C2)CC(=O)[C@H](C)/C=C(\C)[C@@H](O)[C@@H](OC)C(=O)[C@H](C)C[C@H](C)/C=C/C=C/C=C/1C. The van der Waals surface area contributed by atoms with Crippen molar-refractivity contribution < 1.29 is 115 Å². The van der Waals surface area contributed by atoms with E-state index in [4.69, 9.17) is 72.4 Å². The van der Waals surface area contributed by atoms with Gasteiger partial charge in [-0.1, -0.05) is 76.3 Å². The molecule has 2 bridgehead atoms. The number of ketones is 3. The van der Waals surface area contributed by atoms with E-state index in [1.807, 2.05) is 57.2 Å². The van der Waals surface area contributed by atoms with Gasteiger partial charge in [0.15, 0.2) is 11.4 Å². The number of piperidine rings is 1. The minimum atomic E-state index is -2.48. The fourth-order valence-corrected chi connectivity index (χ4v) is 16.8. The third-order valence-corrected chi connectivity index (χ3v) is 24.3. The lowest BCUT2D eigenvalue weighted by Gasteiger charge is -2.42. The molecule has 3 fully saturated rings. The van der Waals surface area contributed by atoms with E-state index in [9.17, 15) is 53.7 Å². The number of nitrogens with two attached hydrogens (primary N) is 1. The standard InChI is InChI=1S/C93H138N12O24/c1-60-19-12-11-13-20-61(2)77(117-8)55-71-26-23-66(7)93(116,129-71)88(113)91(114)103-33-16-14-21-75(103)92(115)128-78(56-76(107)62(3)50-65(6)86(112)87(119-10)85(111)64(5)49-60)63(4)51-67-24-28-74(79(52-67)118-9)105-57-69(100-102-105)58-127-82(110)22-18-35-120-39-43-124-44-40-122-37-30-81(109)96-32-38-123-42-46-126-48-47-125-45-41-121-36-29-80(108)95-31-15-17-34-104-90-83(89(94)97-59-98-90)84(101-104)73-54-68-53-70(106)25-27-72(68)99-73/h11-13,19-20,25,27,50,53-54,57,59-60,62-64,66-67,71,74-75,77-79,86-87,99,106,112,116H,14-18,21-24,26,28-49,51-52,55-56,58H2,1-10H3,(H,95,108)(H,96,109)(H2,94,97,98)/b13-11+,19-12+,61-20+,65-50+/t60-,62-,63-,64-,66-,67+,71+,74+,75+,77+,78+,79-,86-,87+,93-/m1/s1. The van der Waals surface area contributed by atoms with Gasteiger partial charge in [0, 0.05) is 115 Å². The zero-order chi connectivity index (χ0) is 92.8. The maximum absolute atomic E-state index is 14.8. The number of carbonyl (C=O) groups is 8. The number of Topliss-reactive ketones (excluding diaryl/α,β-unsaturated/α-hetero) is 3. The normalized spacial score (nSPS) is 26.2. The number of cyclic esters (lactones) is 1. The molecule has 4 aromatic heterocycles. The number of carbonyl (C=O) groups excluding carboxylic acids is 8. The van der Waals surface area contributed by atoms with Crippen LogP contribution in [0, 0.1) is 35.5 Å². The van der Waals surface area contributed by atoms with Gasteiger partial charge in [-0.25, -0.2) is 24.1 Å². The van der Waals surface area contributed by atoms with Crippen LogP contribution in [0.2, 0.25) is 0 Å². The van der Waals surface area contributed by atoms with Gasteiger partial charge in [0.25, 0.3) is 11.7 Å². The first-order valence-corrected chi connectivity index (χ1v) is 45.6. The van der Waals surface area contributed by atoms with Crippen molar-refractivity contribution in [1.82, 2.24) is 55.3 Å². The Balaban J connectivity index is 0.598. The largest absolute Gasteiger partial charge is 0.508 e. The molecule has 36 heteroatoms. The number of aryl methyl sites for hydroxylation is 1. The molecule has 1 aromatic carbocycles. The minimum Gasteiger partial charge on any atom is -0.508 e. The number of allylic oxidation sites excluding steroid dienone is 6. The van der Waals surface area contributed by atoms with Crippen LogP contribution < -0.4 is 16.4 Å². The van der Waals surface area contributed by atoms with Crippen molar-refractivity contribution in [3.05, 3.63) is 90.1 Å². The summed E-state index contributed by atoms with van der Waals surface area (Å²) in [7, 11) is 4.56. The number of esters is 2. The Hall–Kier alpha value is -9.15. The van der Waals surface area contributed by atoms with Crippen molar-refractivity contribution in [3.8, 4) is 17.1 Å². The fraction of sp³-hybridized carbons (Fsp3) is 0.667. The second-order valence-electron chi connectivity index (χ2n) is 34.2. The molecule has 9 rings (SSSR count). The lowest BCUT2D eigenvalue weighted by atomic mass is 9.77. The highest BCUT2D eigenvalue weighted by Crippen LogP contribution is 2.41. The molecule has 1 saturated carbocycles. The zero-order valence-corrected chi connectivity index (χ0v) is 76.7. The number of nitrogens with one attached hydrogen (secondary N) is 3. The summed E-state index contributed by atoms with van der Waals surface area (Å²) in [6, 6.07) is 5.56. The number of methoxy groups -OCH3 is 3. The number of aliphatic hydroxyl groups excluding tert-OH is 1. The second-order valence-corrected chi connectivity index (χ2v) is 34.2. The van der Waals surface area contributed by atoms with Crippen LogP contribution in [0.25, 0.3) is 33.3 Å². The van der Waals surface area contributed by atoms with E-state index in [-0.39, 0.29) is 118 Å². The van der Waals surface area contributed by atoms with E-state index < -0.39 is 89.6 Å². The van der Waals surface area contributed by atoms with E-state index in [1.54, 1.807) is 81.8 Å². The number of hydrogen-bond acceptors (Lipinski definition) is 30. The van der Waals surface area contributed by atoms with Crippen LogP contribution in [-0.4, -0.2) is 289 Å². The van der Waals surface area contributed by atoms with Crippen LogP contribution in [0.4, 0.5) is 5.82 Å². The Morgan fingerprint density at radius 2 is 1.41 bits per heavy atom. The number of rotatable bonds is 43. The summed E-state index contributed by atoms with van der Waals surface area (Å²) in [6.45, 7) is 18.5. The number of aromatic nitrogens is 8. The second kappa shape index (κ2) is 54.0. The number of ether oxygens (including phenoxy) is 13. The van der Waals surface area contributed by atoms with E-state index in [1.165, 1.54) is 18.3 Å². The lowest BCUT2D eigenvalue weighted by molar-refractivity contribution is -0.265. The van der Waals surface area contributed by atoms with Crippen molar-refractivity contribution >= 4 is 74.8 Å². The highest BCUT2D eigenvalue weighted by molar-refractivity contribution is 6.39. The highest BCUT2D eigenvalue weighted by Gasteiger charge is 2.53. The van der Waals surface area contributed by atoms with Gasteiger partial charge in [-0.05, 0) is 150 Å². The number of aromatic amines is 1. The first-order valence-electron chi connectivity index (χ1n) is 45.6. The molecule has 3 aliphatic heterocycles. The van der Waals surface area contributed by atoms with Gasteiger partial charge in [0.1, 0.15) is 66.0 Å². The topological polar surface area (TPSA) is 461 Å². The van der Waals surface area contributed by atoms with E-state index >= 15 is 0 Å². The van der Waals surface area contributed by atoms with Crippen LogP contribution in [-0.2, 0) is 113 Å². The lowest BCUT2D eigenvalue weighted by Crippen LogP contribution is -2.61. The summed E-state index contributed by atoms with van der Waals surface area (Å²) < 4.78 is 78.4. The number of H-pyrrole nitrogens is 1. The molecule has 3 amide bonds. The number of aliphatic hydroxyl groups is 2. The Morgan fingerprint density at radius 1 is 0.729 bits per heavy atom. The molecule has 0 radical (unpaired) electrons. The number of unbranched alkanes of at least 4 members (excludes halogenated alkanes) is 1. The van der Waals surface area contributed by atoms with E-state index in [2.05, 4.69) is 35.9 Å². The summed E-state index contributed by atoms with van der Waals surface area (Å²) in [5.74, 6) is -8.78. The van der Waals surface area contributed by atoms with Crippen molar-refractivity contribution in [3.63, 3.8) is 0 Å². The molecule has 0 spiro atoms. The fourth-order valence-electron chi connectivity index (χ4n) is 16.8. The number of fused-ring (bicyclic) bond motifs is 5. The molecule has 15 atom stereocenters. The average molecular weight is 1810 g/mol. The third-order valence-electron chi connectivity index (χ3n) is 24.3. The predicted molar refractivity (Wildman–Crippen MR) is 476 cm³/mol. The number of anilines is 1. The predicted octanol–water partition coefficient (Wildman–Crippen LogP) is 8.66. The van der Waals surface area contributed by atoms with Gasteiger partial charge in [-0.2, -0.15) is 5.10 Å². The zero-order valence-electron chi connectivity index (χ0n) is 76.7. The molecule has 2 saturated heterocycles. The number of aromatic hydroxyl groups is 1. The smallest absolute Gasteiger partial charge is 0.329 e. The Bertz CT molecular complexity index is 4510. The molecule has 7 heterocycles. The van der Waals surface area contributed by atoms with Gasteiger partial charge in [0.2, 0.25) is 17.6 Å². The molecule has 1 aliphatic carbocycles.